The third-order valence-electron chi connectivity index (χ3n) is 2.78. The number of halogens is 1. The van der Waals surface area contributed by atoms with Gasteiger partial charge in [-0.25, -0.2) is 0 Å². The van der Waals surface area contributed by atoms with Crippen molar-refractivity contribution in [3.05, 3.63) is 28.8 Å². The van der Waals surface area contributed by atoms with Gasteiger partial charge in [-0.15, -0.1) is 0 Å². The fourth-order valence-corrected chi connectivity index (χ4v) is 2.08. The molecule has 1 heterocycles. The van der Waals surface area contributed by atoms with Crippen LogP contribution in [0, 0.1) is 0 Å². The quantitative estimate of drug-likeness (QED) is 0.727. The van der Waals surface area contributed by atoms with Crippen LogP contribution >= 0.6 is 11.6 Å². The molecule has 1 aromatic rings. The number of benzene rings is 1. The standard InChI is InChI=1S/C11H13ClN2O/c1-14-10-5-3-8(12)6-7(10)2-4-9(13)11(14)15/h3,5-6,9H,2,4,13H2,1H3. The van der Waals surface area contributed by atoms with E-state index in [4.69, 9.17) is 17.3 Å². The van der Waals surface area contributed by atoms with Gasteiger partial charge in [-0.05, 0) is 36.6 Å². The molecule has 1 atom stereocenters. The van der Waals surface area contributed by atoms with E-state index in [9.17, 15) is 4.79 Å². The topological polar surface area (TPSA) is 46.3 Å². The van der Waals surface area contributed by atoms with Crippen LogP contribution in [0.25, 0.3) is 0 Å². The Labute approximate surface area is 93.8 Å². The highest BCUT2D eigenvalue weighted by molar-refractivity contribution is 6.30. The van der Waals surface area contributed by atoms with Crippen LogP contribution in [-0.2, 0) is 11.2 Å². The van der Waals surface area contributed by atoms with Crippen molar-refractivity contribution in [3.8, 4) is 0 Å². The molecule has 1 aliphatic rings. The first kappa shape index (κ1) is 10.5. The summed E-state index contributed by atoms with van der Waals surface area (Å²) in [5.74, 6) is -0.0314. The van der Waals surface area contributed by atoms with Gasteiger partial charge in [0.15, 0.2) is 0 Å². The lowest BCUT2D eigenvalue weighted by Gasteiger charge is -2.19. The Morgan fingerprint density at radius 1 is 1.53 bits per heavy atom. The maximum absolute atomic E-state index is 11.8. The molecule has 3 nitrogen and oxygen atoms in total. The first-order valence-corrected chi connectivity index (χ1v) is 5.29. The maximum atomic E-state index is 11.8. The van der Waals surface area contributed by atoms with Crippen molar-refractivity contribution < 1.29 is 4.79 Å². The van der Waals surface area contributed by atoms with Gasteiger partial charge in [-0.3, -0.25) is 4.79 Å². The van der Waals surface area contributed by atoms with E-state index in [1.54, 1.807) is 18.0 Å². The molecule has 0 bridgehead atoms. The van der Waals surface area contributed by atoms with Gasteiger partial charge in [-0.1, -0.05) is 11.6 Å². The summed E-state index contributed by atoms with van der Waals surface area (Å²) < 4.78 is 0. The van der Waals surface area contributed by atoms with Gasteiger partial charge in [0.05, 0.1) is 6.04 Å². The Kier molecular flexibility index (Phi) is 2.67. The molecule has 0 radical (unpaired) electrons. The first-order chi connectivity index (χ1) is 7.09. The summed E-state index contributed by atoms with van der Waals surface area (Å²) in [6.07, 6.45) is 1.48. The number of carbonyl (C=O) groups excluding carboxylic acids is 1. The smallest absolute Gasteiger partial charge is 0.243 e. The molecule has 1 unspecified atom stereocenters. The van der Waals surface area contributed by atoms with Crippen LogP contribution in [-0.4, -0.2) is 19.0 Å². The fraction of sp³-hybridized carbons (Fsp3) is 0.364. The minimum absolute atomic E-state index is 0.0314. The Bertz CT molecular complexity index is 406. The lowest BCUT2D eigenvalue weighted by atomic mass is 10.1. The van der Waals surface area contributed by atoms with Gasteiger partial charge in [-0.2, -0.15) is 0 Å². The number of anilines is 1. The molecule has 1 aliphatic heterocycles. The van der Waals surface area contributed by atoms with Gasteiger partial charge in [0.1, 0.15) is 0 Å². The zero-order valence-electron chi connectivity index (χ0n) is 8.53. The molecule has 0 spiro atoms. The van der Waals surface area contributed by atoms with Crippen LogP contribution in [0.5, 0.6) is 0 Å². The van der Waals surface area contributed by atoms with E-state index in [0.29, 0.717) is 11.4 Å². The average molecular weight is 225 g/mol. The number of fused-ring (bicyclic) bond motifs is 1. The molecule has 2 rings (SSSR count). The van der Waals surface area contributed by atoms with Crippen molar-refractivity contribution in [2.45, 2.75) is 18.9 Å². The van der Waals surface area contributed by atoms with Gasteiger partial charge in [0.25, 0.3) is 0 Å². The van der Waals surface area contributed by atoms with E-state index in [1.807, 2.05) is 12.1 Å². The van der Waals surface area contributed by atoms with Crippen LogP contribution in [0.1, 0.15) is 12.0 Å². The molecule has 0 aliphatic carbocycles. The molecule has 15 heavy (non-hydrogen) atoms. The second-order valence-corrected chi connectivity index (χ2v) is 4.25. The van der Waals surface area contributed by atoms with Crippen LogP contribution in [0.15, 0.2) is 18.2 Å². The van der Waals surface area contributed by atoms with E-state index < -0.39 is 6.04 Å². The molecule has 1 aromatic carbocycles. The van der Waals surface area contributed by atoms with Gasteiger partial charge in [0, 0.05) is 17.8 Å². The summed E-state index contributed by atoms with van der Waals surface area (Å²) >= 11 is 5.92. The third-order valence-corrected chi connectivity index (χ3v) is 3.01. The number of hydrogen-bond donors (Lipinski definition) is 1. The van der Waals surface area contributed by atoms with Gasteiger partial charge in [0.2, 0.25) is 5.91 Å². The predicted molar refractivity (Wildman–Crippen MR) is 61.2 cm³/mol. The Morgan fingerprint density at radius 3 is 3.00 bits per heavy atom. The normalized spacial score (nSPS) is 21.1. The summed E-state index contributed by atoms with van der Waals surface area (Å²) in [6, 6.07) is 5.16. The second-order valence-electron chi connectivity index (χ2n) is 3.82. The van der Waals surface area contributed by atoms with E-state index in [2.05, 4.69) is 0 Å². The van der Waals surface area contributed by atoms with Crippen LogP contribution in [0.2, 0.25) is 5.02 Å². The summed E-state index contributed by atoms with van der Waals surface area (Å²) in [7, 11) is 1.75. The highest BCUT2D eigenvalue weighted by Gasteiger charge is 2.24. The summed E-state index contributed by atoms with van der Waals surface area (Å²) in [5.41, 5.74) is 7.77. The van der Waals surface area contributed by atoms with Crippen molar-refractivity contribution in [2.75, 3.05) is 11.9 Å². The van der Waals surface area contributed by atoms with E-state index in [0.717, 1.165) is 17.7 Å². The largest absolute Gasteiger partial charge is 0.320 e. The second kappa shape index (κ2) is 3.83. The molecule has 0 saturated carbocycles. The first-order valence-electron chi connectivity index (χ1n) is 4.91. The van der Waals surface area contributed by atoms with Gasteiger partial charge >= 0.3 is 0 Å². The number of nitrogens with zero attached hydrogens (tertiary/aromatic N) is 1. The van der Waals surface area contributed by atoms with E-state index in [1.165, 1.54) is 0 Å². The van der Waals surface area contributed by atoms with Crippen molar-refractivity contribution in [2.24, 2.45) is 5.73 Å². The molecule has 0 fully saturated rings. The number of likely N-dealkylation sites (N-methyl/N-ethyl adjacent to an activating group) is 1. The lowest BCUT2D eigenvalue weighted by molar-refractivity contribution is -0.119. The highest BCUT2D eigenvalue weighted by atomic mass is 35.5. The molecule has 0 saturated heterocycles. The fourth-order valence-electron chi connectivity index (χ4n) is 1.88. The minimum atomic E-state index is -0.402. The summed E-state index contributed by atoms with van der Waals surface area (Å²) in [6.45, 7) is 0. The van der Waals surface area contributed by atoms with Crippen molar-refractivity contribution in [1.82, 2.24) is 0 Å². The molecule has 4 heteroatoms. The Hall–Kier alpha value is -1.06. The molecule has 1 amide bonds. The van der Waals surface area contributed by atoms with Crippen LogP contribution in [0.4, 0.5) is 5.69 Å². The zero-order valence-corrected chi connectivity index (χ0v) is 9.29. The SMILES string of the molecule is CN1C(=O)C(N)CCc2cc(Cl)ccc21. The third kappa shape index (κ3) is 1.85. The van der Waals surface area contributed by atoms with Crippen molar-refractivity contribution in [3.63, 3.8) is 0 Å². The summed E-state index contributed by atoms with van der Waals surface area (Å²) in [4.78, 5) is 13.4. The molecular formula is C11H13ClN2O. The minimum Gasteiger partial charge on any atom is -0.320 e. The number of carbonyl (C=O) groups is 1. The predicted octanol–water partition coefficient (Wildman–Crippen LogP) is 1.58. The summed E-state index contributed by atoms with van der Waals surface area (Å²) in [5, 5.41) is 0.699. The zero-order chi connectivity index (χ0) is 11.0. The van der Waals surface area contributed by atoms with Crippen molar-refractivity contribution >= 4 is 23.2 Å². The Morgan fingerprint density at radius 2 is 2.27 bits per heavy atom. The monoisotopic (exact) mass is 224 g/mol. The number of nitrogens with two attached hydrogens (primary N) is 1. The number of aryl methyl sites for hydroxylation is 1. The van der Waals surface area contributed by atoms with Crippen LogP contribution < -0.4 is 10.6 Å². The number of amides is 1. The van der Waals surface area contributed by atoms with Gasteiger partial charge < -0.3 is 10.6 Å². The van der Waals surface area contributed by atoms with E-state index in [-0.39, 0.29) is 5.91 Å². The highest BCUT2D eigenvalue weighted by Crippen LogP contribution is 2.28. The van der Waals surface area contributed by atoms with Crippen molar-refractivity contribution in [1.29, 1.82) is 0 Å². The molecular weight excluding hydrogens is 212 g/mol. The average Bonchev–Trinajstić information content (AvgIpc) is 2.32. The maximum Gasteiger partial charge on any atom is 0.243 e. The molecule has 2 N–H and O–H groups in total. The number of hydrogen-bond acceptors (Lipinski definition) is 2. The van der Waals surface area contributed by atoms with Crippen LogP contribution in [0.3, 0.4) is 0 Å². The molecule has 80 valence electrons. The number of rotatable bonds is 0. The lowest BCUT2D eigenvalue weighted by Crippen LogP contribution is -2.40. The molecule has 0 aromatic heterocycles. The Balaban J connectivity index is 2.47. The van der Waals surface area contributed by atoms with E-state index >= 15 is 0 Å².